The minimum atomic E-state index is -0.802. The summed E-state index contributed by atoms with van der Waals surface area (Å²) in [6.07, 6.45) is 4.26. The number of aliphatic imine (C=N–C) groups is 1. The zero-order valence-electron chi connectivity index (χ0n) is 18.8. The van der Waals surface area contributed by atoms with Crippen molar-refractivity contribution in [2.24, 2.45) is 10.9 Å². The van der Waals surface area contributed by atoms with Gasteiger partial charge in [0.05, 0.1) is 6.10 Å². The summed E-state index contributed by atoms with van der Waals surface area (Å²) in [5.41, 5.74) is 0.741. The van der Waals surface area contributed by atoms with Crippen LogP contribution in [0.25, 0.3) is 0 Å². The standard InChI is InChI=1S/C23H36F2N4O2/c1-3-26-23(28-11-8-20(9-12-28)31-14-4-13-30-2)27-16-18-7-10-29(17-18)19-5-6-21(24)22(25)15-19/h5-6,15,18,20H,3-4,7-14,16-17H2,1-2H3,(H,26,27). The predicted octanol–water partition coefficient (Wildman–Crippen LogP) is 3.27. The van der Waals surface area contributed by atoms with Crippen LogP contribution in [0, 0.1) is 17.6 Å². The van der Waals surface area contributed by atoms with Crippen LogP contribution in [-0.2, 0) is 9.47 Å². The zero-order chi connectivity index (χ0) is 22.1. The van der Waals surface area contributed by atoms with Crippen molar-refractivity contribution in [1.29, 1.82) is 0 Å². The van der Waals surface area contributed by atoms with Gasteiger partial charge in [0.15, 0.2) is 17.6 Å². The van der Waals surface area contributed by atoms with Gasteiger partial charge in [-0.25, -0.2) is 8.78 Å². The minimum absolute atomic E-state index is 0.315. The highest BCUT2D eigenvalue weighted by atomic mass is 19.2. The van der Waals surface area contributed by atoms with Crippen molar-refractivity contribution < 1.29 is 18.3 Å². The number of nitrogens with one attached hydrogen (secondary N) is 1. The molecule has 1 atom stereocenters. The Bertz CT molecular complexity index is 711. The van der Waals surface area contributed by atoms with Gasteiger partial charge in [-0.05, 0) is 50.7 Å². The van der Waals surface area contributed by atoms with Crippen LogP contribution in [0.3, 0.4) is 0 Å². The molecule has 1 aromatic carbocycles. The lowest BCUT2D eigenvalue weighted by molar-refractivity contribution is 0.00990. The molecule has 3 rings (SSSR count). The van der Waals surface area contributed by atoms with Gasteiger partial charge < -0.3 is 24.6 Å². The fourth-order valence-electron chi connectivity index (χ4n) is 4.23. The molecule has 0 aromatic heterocycles. The number of nitrogens with zero attached hydrogens (tertiary/aromatic N) is 3. The first kappa shape index (κ1) is 23.7. The molecule has 0 amide bonds. The van der Waals surface area contributed by atoms with Crippen molar-refractivity contribution in [3.05, 3.63) is 29.8 Å². The molecular formula is C23H36F2N4O2. The highest BCUT2D eigenvalue weighted by Crippen LogP contribution is 2.25. The summed E-state index contributed by atoms with van der Waals surface area (Å²) in [6.45, 7) is 8.67. The summed E-state index contributed by atoms with van der Waals surface area (Å²) >= 11 is 0. The smallest absolute Gasteiger partial charge is 0.193 e. The van der Waals surface area contributed by atoms with E-state index in [9.17, 15) is 8.78 Å². The van der Waals surface area contributed by atoms with E-state index in [1.54, 1.807) is 13.2 Å². The van der Waals surface area contributed by atoms with E-state index >= 15 is 0 Å². The second-order valence-electron chi connectivity index (χ2n) is 8.30. The Labute approximate surface area is 184 Å². The molecular weight excluding hydrogens is 402 g/mol. The van der Waals surface area contributed by atoms with Gasteiger partial charge in [-0.2, -0.15) is 0 Å². The van der Waals surface area contributed by atoms with Gasteiger partial charge >= 0.3 is 0 Å². The summed E-state index contributed by atoms with van der Waals surface area (Å²) in [6, 6.07) is 4.13. The van der Waals surface area contributed by atoms with Gasteiger partial charge in [0.1, 0.15) is 0 Å². The molecule has 2 fully saturated rings. The van der Waals surface area contributed by atoms with Crippen molar-refractivity contribution in [3.8, 4) is 0 Å². The number of methoxy groups -OCH3 is 1. The Balaban J connectivity index is 1.47. The van der Waals surface area contributed by atoms with E-state index in [-0.39, 0.29) is 0 Å². The maximum atomic E-state index is 13.6. The van der Waals surface area contributed by atoms with Crippen LogP contribution in [0.15, 0.2) is 23.2 Å². The van der Waals surface area contributed by atoms with Gasteiger partial charge in [0.2, 0.25) is 0 Å². The number of piperidine rings is 1. The van der Waals surface area contributed by atoms with E-state index in [1.807, 2.05) is 0 Å². The SMILES string of the molecule is CCNC(=NCC1CCN(c2ccc(F)c(F)c2)C1)N1CCC(OCCCOC)CC1. The molecule has 8 heteroatoms. The number of hydrogen-bond donors (Lipinski definition) is 1. The predicted molar refractivity (Wildman–Crippen MR) is 120 cm³/mol. The normalized spacial score (nSPS) is 20.5. The monoisotopic (exact) mass is 438 g/mol. The van der Waals surface area contributed by atoms with E-state index in [1.165, 1.54) is 12.1 Å². The van der Waals surface area contributed by atoms with Crippen LogP contribution in [-0.4, -0.2) is 76.6 Å². The largest absolute Gasteiger partial charge is 0.385 e. The molecule has 0 aliphatic carbocycles. The molecule has 0 bridgehead atoms. The number of ether oxygens (including phenoxy) is 2. The lowest BCUT2D eigenvalue weighted by Gasteiger charge is -2.34. The van der Waals surface area contributed by atoms with Gasteiger partial charge in [0.25, 0.3) is 0 Å². The topological polar surface area (TPSA) is 49.3 Å². The molecule has 1 N–H and O–H groups in total. The first-order valence-corrected chi connectivity index (χ1v) is 11.4. The fraction of sp³-hybridized carbons (Fsp3) is 0.696. The lowest BCUT2D eigenvalue weighted by Crippen LogP contribution is -2.47. The van der Waals surface area contributed by atoms with E-state index < -0.39 is 11.6 Å². The van der Waals surface area contributed by atoms with Gasteiger partial charge in [-0.1, -0.05) is 0 Å². The molecule has 6 nitrogen and oxygen atoms in total. The van der Waals surface area contributed by atoms with E-state index in [2.05, 4.69) is 22.0 Å². The molecule has 0 radical (unpaired) electrons. The maximum Gasteiger partial charge on any atom is 0.193 e. The van der Waals surface area contributed by atoms with Gasteiger partial charge in [0, 0.05) is 71.3 Å². The highest BCUT2D eigenvalue weighted by molar-refractivity contribution is 5.80. The number of guanidine groups is 1. The summed E-state index contributed by atoms with van der Waals surface area (Å²) in [4.78, 5) is 9.34. The first-order chi connectivity index (χ1) is 15.1. The summed E-state index contributed by atoms with van der Waals surface area (Å²) in [5.74, 6) is -0.224. The lowest BCUT2D eigenvalue weighted by atomic mass is 10.1. The van der Waals surface area contributed by atoms with Crippen LogP contribution in [0.1, 0.15) is 32.6 Å². The number of hydrogen-bond acceptors (Lipinski definition) is 4. The first-order valence-electron chi connectivity index (χ1n) is 11.4. The Morgan fingerprint density at radius 2 is 1.94 bits per heavy atom. The molecule has 2 aliphatic heterocycles. The quantitative estimate of drug-likeness (QED) is 0.364. The van der Waals surface area contributed by atoms with E-state index in [0.29, 0.717) is 12.0 Å². The number of likely N-dealkylation sites (tertiary alicyclic amines) is 1. The number of anilines is 1. The third-order valence-electron chi connectivity index (χ3n) is 5.98. The molecule has 31 heavy (non-hydrogen) atoms. The molecule has 0 saturated carbocycles. The van der Waals surface area contributed by atoms with Crippen molar-refractivity contribution in [3.63, 3.8) is 0 Å². The Morgan fingerprint density at radius 1 is 1.13 bits per heavy atom. The summed E-state index contributed by atoms with van der Waals surface area (Å²) in [5, 5.41) is 3.42. The third-order valence-corrected chi connectivity index (χ3v) is 5.98. The van der Waals surface area contributed by atoms with E-state index in [4.69, 9.17) is 14.5 Å². The molecule has 1 unspecified atom stereocenters. The van der Waals surface area contributed by atoms with Crippen LogP contribution < -0.4 is 10.2 Å². The highest BCUT2D eigenvalue weighted by Gasteiger charge is 2.25. The van der Waals surface area contributed by atoms with Crippen LogP contribution in [0.2, 0.25) is 0 Å². The van der Waals surface area contributed by atoms with Crippen molar-refractivity contribution >= 4 is 11.6 Å². The molecule has 1 aromatic rings. The Hall–Kier alpha value is -1.93. The van der Waals surface area contributed by atoms with Crippen molar-refractivity contribution in [2.75, 3.05) is 64.5 Å². The van der Waals surface area contributed by atoms with Crippen LogP contribution in [0.5, 0.6) is 0 Å². The number of benzene rings is 1. The summed E-state index contributed by atoms with van der Waals surface area (Å²) < 4.78 is 37.8. The van der Waals surface area contributed by atoms with Crippen molar-refractivity contribution in [1.82, 2.24) is 10.2 Å². The maximum absolute atomic E-state index is 13.6. The van der Waals surface area contributed by atoms with Crippen LogP contribution >= 0.6 is 0 Å². The van der Waals surface area contributed by atoms with Crippen LogP contribution in [0.4, 0.5) is 14.5 Å². The second kappa shape index (κ2) is 12.2. The molecule has 2 heterocycles. The van der Waals surface area contributed by atoms with E-state index in [0.717, 1.165) is 89.8 Å². The Kier molecular flexibility index (Phi) is 9.33. The zero-order valence-corrected chi connectivity index (χ0v) is 18.8. The second-order valence-corrected chi connectivity index (χ2v) is 8.30. The average Bonchev–Trinajstić information content (AvgIpc) is 3.26. The average molecular weight is 439 g/mol. The third kappa shape index (κ3) is 7.04. The fourth-order valence-corrected chi connectivity index (χ4v) is 4.23. The molecule has 2 saturated heterocycles. The van der Waals surface area contributed by atoms with Gasteiger partial charge in [-0.3, -0.25) is 4.99 Å². The molecule has 174 valence electrons. The molecule has 2 aliphatic rings. The number of rotatable bonds is 9. The summed E-state index contributed by atoms with van der Waals surface area (Å²) in [7, 11) is 1.71. The van der Waals surface area contributed by atoms with Gasteiger partial charge in [-0.15, -0.1) is 0 Å². The molecule has 0 spiro atoms. The minimum Gasteiger partial charge on any atom is -0.385 e. The van der Waals surface area contributed by atoms with Crippen molar-refractivity contribution in [2.45, 2.75) is 38.7 Å². The number of halogens is 2. The Morgan fingerprint density at radius 3 is 2.65 bits per heavy atom.